The quantitative estimate of drug-likeness (QED) is 0.0324. The molecule has 402 valence electrons. The lowest BCUT2D eigenvalue weighted by Gasteiger charge is -2.36. The first-order valence-corrected chi connectivity index (χ1v) is 29.6. The summed E-state index contributed by atoms with van der Waals surface area (Å²) in [6.07, 6.45) is 6.65. The number of benzene rings is 3. The van der Waals surface area contributed by atoms with Gasteiger partial charge in [-0.3, -0.25) is 19.2 Å². The van der Waals surface area contributed by atoms with Crippen molar-refractivity contribution in [1.29, 1.82) is 0 Å². The van der Waals surface area contributed by atoms with Crippen molar-refractivity contribution in [3.8, 4) is 16.2 Å². The summed E-state index contributed by atoms with van der Waals surface area (Å²) in [4.78, 5) is 74.0. The van der Waals surface area contributed by atoms with Crippen molar-refractivity contribution < 1.29 is 33.6 Å². The lowest BCUT2D eigenvalue weighted by atomic mass is 9.85. The van der Waals surface area contributed by atoms with E-state index in [-0.39, 0.29) is 49.6 Å². The monoisotopic (exact) mass is 1080 g/mol. The largest absolute Gasteiger partial charge is 0.494 e. The molecule has 0 bridgehead atoms. The van der Waals surface area contributed by atoms with Gasteiger partial charge in [-0.1, -0.05) is 94.5 Å². The molecule has 3 atom stereocenters. The van der Waals surface area contributed by atoms with Gasteiger partial charge in [0.2, 0.25) is 29.6 Å². The minimum Gasteiger partial charge on any atom is -0.494 e. The third-order valence-corrected chi connectivity index (χ3v) is 16.5. The second kappa shape index (κ2) is 25.6. The zero-order valence-corrected chi connectivity index (χ0v) is 46.6. The SMILES string of the molecule is COc1cc(N2CCN(C(=O)CCCCCCCCC(=O)NC(C(=O)N3CC(O)CC3C(=O)NCc3ccc(-c4scnc4C)cc3)C(C)(C)C)CC2)ccc1Nc1ncc(Cl)c(Nc2ccccc2P(C)(C)=O)n1. The molecule has 2 aromatic heterocycles. The molecule has 0 spiro atoms. The van der Waals surface area contributed by atoms with Crippen LogP contribution in [0.5, 0.6) is 5.75 Å². The number of halogens is 1. The molecule has 20 heteroatoms. The van der Waals surface area contributed by atoms with Crippen LogP contribution in [0.15, 0.2) is 78.4 Å². The number of β-amino-alcohol motifs (C(OH)–C–C–N with tert-alkyl or cyclic N) is 1. The van der Waals surface area contributed by atoms with Crippen LogP contribution in [0.1, 0.15) is 89.8 Å². The Labute approximate surface area is 450 Å². The number of nitrogens with zero attached hydrogens (tertiary/aromatic N) is 6. The van der Waals surface area contributed by atoms with Gasteiger partial charge in [-0.15, -0.1) is 11.3 Å². The molecule has 4 heterocycles. The Morgan fingerprint density at radius 1 is 0.893 bits per heavy atom. The molecule has 5 N–H and O–H groups in total. The summed E-state index contributed by atoms with van der Waals surface area (Å²) in [5.74, 6) is 0.477. The van der Waals surface area contributed by atoms with Crippen LogP contribution in [0.2, 0.25) is 5.02 Å². The van der Waals surface area contributed by atoms with E-state index in [0.717, 1.165) is 59.5 Å². The van der Waals surface area contributed by atoms with Gasteiger partial charge in [0.05, 0.1) is 46.9 Å². The van der Waals surface area contributed by atoms with Crippen molar-refractivity contribution in [2.75, 3.05) is 68.7 Å². The van der Waals surface area contributed by atoms with Crippen LogP contribution < -0.4 is 36.2 Å². The number of carbonyl (C=O) groups is 4. The molecule has 0 saturated carbocycles. The van der Waals surface area contributed by atoms with E-state index in [4.69, 9.17) is 16.3 Å². The number of thiazole rings is 1. The molecular formula is C55H72ClN10O7PS. The first-order chi connectivity index (χ1) is 35.8. The topological polar surface area (TPSA) is 211 Å². The van der Waals surface area contributed by atoms with Crippen molar-refractivity contribution in [2.45, 2.75) is 110 Å². The number of aryl methyl sites for hydroxylation is 1. The van der Waals surface area contributed by atoms with Crippen LogP contribution in [0, 0.1) is 12.3 Å². The highest BCUT2D eigenvalue weighted by Crippen LogP contribution is 2.39. The van der Waals surface area contributed by atoms with Gasteiger partial charge in [-0.25, -0.2) is 9.97 Å². The Balaban J connectivity index is 0.786. The van der Waals surface area contributed by atoms with Crippen LogP contribution >= 0.6 is 30.1 Å². The first kappa shape index (κ1) is 56.7. The number of carbonyl (C=O) groups excluding carboxylic acids is 4. The van der Waals surface area contributed by atoms with Crippen molar-refractivity contribution >= 4 is 87.8 Å². The van der Waals surface area contributed by atoms with Crippen LogP contribution in [-0.4, -0.2) is 125 Å². The summed E-state index contributed by atoms with van der Waals surface area (Å²) < 4.78 is 18.7. The number of unbranched alkanes of at least 4 members (excludes halogenated alkanes) is 5. The van der Waals surface area contributed by atoms with Crippen molar-refractivity contribution in [2.24, 2.45) is 5.41 Å². The number of amides is 4. The van der Waals surface area contributed by atoms with E-state index in [2.05, 4.69) is 41.1 Å². The van der Waals surface area contributed by atoms with Gasteiger partial charge >= 0.3 is 0 Å². The molecule has 2 fully saturated rings. The number of aliphatic hydroxyl groups excluding tert-OH is 1. The smallest absolute Gasteiger partial charge is 0.246 e. The van der Waals surface area contributed by atoms with E-state index in [1.165, 1.54) is 11.1 Å². The number of ether oxygens (including phenoxy) is 1. The number of anilines is 5. The van der Waals surface area contributed by atoms with E-state index in [1.807, 2.05) is 105 Å². The lowest BCUT2D eigenvalue weighted by molar-refractivity contribution is -0.144. The summed E-state index contributed by atoms with van der Waals surface area (Å²) in [7, 11) is -0.972. The third kappa shape index (κ3) is 15.3. The lowest BCUT2D eigenvalue weighted by Crippen LogP contribution is -2.57. The standard InChI is InChI=1S/C55H72ClN10O7PS/c1-36-49(75-35-59-36)38-22-20-37(21-23-38)32-57-52(70)44-31-40(67)34-66(44)53(71)50(55(2,3)4)62-47(68)18-12-10-8-9-11-13-19-48(69)65-28-26-64(27-29-65)39-24-25-42(45(30-39)73-5)61-54-58-33-41(56)51(63-54)60-43-16-14-15-17-46(43)74(6,7)72/h14-17,20-25,30,33,35,40,44,50,67H,8-13,18-19,26-29,31-32,34H2,1-7H3,(H,57,70)(H,62,68)(H2,58,60,61,63). The first-order valence-electron chi connectivity index (χ1n) is 25.8. The van der Waals surface area contributed by atoms with Crippen LogP contribution in [0.4, 0.5) is 28.8 Å². The molecule has 0 radical (unpaired) electrons. The molecular weight excluding hydrogens is 1010 g/mol. The Kier molecular flexibility index (Phi) is 19.4. The zero-order valence-electron chi connectivity index (χ0n) is 44.2. The molecule has 3 unspecified atom stereocenters. The maximum absolute atomic E-state index is 14.1. The molecule has 7 rings (SSSR count). The minimum atomic E-state index is -2.58. The fourth-order valence-corrected chi connectivity index (χ4v) is 11.6. The molecule has 4 amide bonds. The van der Waals surface area contributed by atoms with Crippen LogP contribution in [-0.2, 0) is 30.3 Å². The van der Waals surface area contributed by atoms with Gasteiger partial charge in [-0.2, -0.15) is 4.98 Å². The van der Waals surface area contributed by atoms with Crippen LogP contribution in [0.25, 0.3) is 10.4 Å². The predicted octanol–water partition coefficient (Wildman–Crippen LogP) is 8.88. The van der Waals surface area contributed by atoms with Gasteiger partial charge in [0.25, 0.3) is 0 Å². The number of para-hydroxylation sites is 1. The van der Waals surface area contributed by atoms with Crippen LogP contribution in [0.3, 0.4) is 0 Å². The second-order valence-corrected chi connectivity index (χ2v) is 25.3. The maximum atomic E-state index is 14.1. The van der Waals surface area contributed by atoms with Crippen molar-refractivity contribution in [3.05, 3.63) is 94.7 Å². The molecule has 2 aliphatic rings. The summed E-state index contributed by atoms with van der Waals surface area (Å²) >= 11 is 8.05. The Bertz CT molecular complexity index is 2830. The molecule has 75 heavy (non-hydrogen) atoms. The molecule has 5 aromatic rings. The zero-order chi connectivity index (χ0) is 53.9. The molecule has 2 aliphatic heterocycles. The van der Waals surface area contributed by atoms with Gasteiger partial charge in [0.15, 0.2) is 5.82 Å². The van der Waals surface area contributed by atoms with E-state index >= 15 is 0 Å². The number of likely N-dealkylation sites (tertiary alicyclic amines) is 1. The fraction of sp³-hybridized carbons (Fsp3) is 0.473. The van der Waals surface area contributed by atoms with Gasteiger partial charge < -0.3 is 50.4 Å². The number of hydrogen-bond donors (Lipinski definition) is 5. The predicted molar refractivity (Wildman–Crippen MR) is 300 cm³/mol. The number of methoxy groups -OCH3 is 1. The minimum absolute atomic E-state index is 0.0171. The normalized spacial score (nSPS) is 16.4. The van der Waals surface area contributed by atoms with Gasteiger partial charge in [0, 0.05) is 75.6 Å². The number of nitrogens with one attached hydrogen (secondary N) is 4. The highest BCUT2D eigenvalue weighted by atomic mass is 35.5. The summed E-state index contributed by atoms with van der Waals surface area (Å²) in [5.41, 5.74) is 6.40. The average Bonchev–Trinajstić information content (AvgIpc) is 4.01. The number of piperazine rings is 1. The fourth-order valence-electron chi connectivity index (χ4n) is 9.45. The molecule has 0 aliphatic carbocycles. The number of aromatic nitrogens is 3. The van der Waals surface area contributed by atoms with E-state index in [9.17, 15) is 28.8 Å². The summed E-state index contributed by atoms with van der Waals surface area (Å²) in [6, 6.07) is 19.4. The Morgan fingerprint density at radius 3 is 2.25 bits per heavy atom. The maximum Gasteiger partial charge on any atom is 0.246 e. The number of rotatable bonds is 22. The average molecular weight is 1080 g/mol. The van der Waals surface area contributed by atoms with E-state index in [1.54, 1.807) is 31.8 Å². The van der Waals surface area contributed by atoms with Gasteiger partial charge in [0.1, 0.15) is 30.0 Å². The Morgan fingerprint density at radius 2 is 1.59 bits per heavy atom. The van der Waals surface area contributed by atoms with Crippen molar-refractivity contribution in [1.82, 2.24) is 35.4 Å². The summed E-state index contributed by atoms with van der Waals surface area (Å²) in [5, 5.41) is 24.0. The van der Waals surface area contributed by atoms with Crippen molar-refractivity contribution in [3.63, 3.8) is 0 Å². The van der Waals surface area contributed by atoms with E-state index < -0.39 is 30.7 Å². The number of aliphatic hydroxyl groups is 1. The molecule has 2 saturated heterocycles. The molecule has 3 aromatic carbocycles. The highest BCUT2D eigenvalue weighted by molar-refractivity contribution is 7.70. The third-order valence-electron chi connectivity index (χ3n) is 13.7. The molecule has 17 nitrogen and oxygen atoms in total. The summed E-state index contributed by atoms with van der Waals surface area (Å²) in [6.45, 7) is 14.0. The highest BCUT2D eigenvalue weighted by Gasteiger charge is 2.44. The number of hydrogen-bond acceptors (Lipinski definition) is 14. The van der Waals surface area contributed by atoms with Gasteiger partial charge in [-0.05, 0) is 73.9 Å². The van der Waals surface area contributed by atoms with E-state index in [0.29, 0.717) is 78.2 Å². The second-order valence-electron chi connectivity index (χ2n) is 20.8. The Hall–Kier alpha value is -6.07.